The number of likely N-dealkylation sites (N-methyl/N-ethyl adjacent to an activating group) is 1. The summed E-state index contributed by atoms with van der Waals surface area (Å²) in [5.74, 6) is 1.48. The molecule has 5 nitrogen and oxygen atoms in total. The summed E-state index contributed by atoms with van der Waals surface area (Å²) in [6, 6.07) is 15.3. The molecule has 0 radical (unpaired) electrons. The van der Waals surface area contributed by atoms with Crippen LogP contribution in [0.25, 0.3) is 0 Å². The second-order valence-electron chi connectivity index (χ2n) is 7.06. The van der Waals surface area contributed by atoms with Gasteiger partial charge in [-0.2, -0.15) is 0 Å². The average Bonchev–Trinajstić information content (AvgIpc) is 2.66. The monoisotopic (exact) mass is 368 g/mol. The molecule has 2 rings (SSSR count). The molecule has 0 fully saturated rings. The maximum Gasteiger partial charge on any atom is 0.229 e. The number of aryl methyl sites for hydroxylation is 1. The Hall–Kier alpha value is -2.82. The number of amides is 2. The average molecular weight is 368 g/mol. The lowest BCUT2D eigenvalue weighted by molar-refractivity contribution is -0.130. The molecule has 0 aliphatic rings. The molecule has 0 saturated heterocycles. The van der Waals surface area contributed by atoms with Gasteiger partial charge >= 0.3 is 0 Å². The van der Waals surface area contributed by atoms with Gasteiger partial charge in [0, 0.05) is 34.6 Å². The molecule has 0 saturated carbocycles. The molecule has 144 valence electrons. The van der Waals surface area contributed by atoms with Gasteiger partial charge in [0.1, 0.15) is 11.5 Å². The molecular weight excluding hydrogens is 340 g/mol. The van der Waals surface area contributed by atoms with Gasteiger partial charge in [0.25, 0.3) is 0 Å². The molecule has 1 atom stereocenters. The van der Waals surface area contributed by atoms with Crippen molar-refractivity contribution in [1.82, 2.24) is 9.80 Å². The van der Waals surface area contributed by atoms with Gasteiger partial charge in [0.15, 0.2) is 0 Å². The summed E-state index contributed by atoms with van der Waals surface area (Å²) in [6.45, 7) is 1.90. The van der Waals surface area contributed by atoms with E-state index in [0.29, 0.717) is 12.8 Å². The number of nitrogens with zero attached hydrogens (tertiary/aromatic N) is 2. The molecule has 0 N–H and O–H groups in total. The van der Waals surface area contributed by atoms with Crippen LogP contribution in [0.15, 0.2) is 48.5 Å². The van der Waals surface area contributed by atoms with Crippen LogP contribution >= 0.6 is 0 Å². The van der Waals surface area contributed by atoms with Crippen molar-refractivity contribution < 1.29 is 14.3 Å². The Kier molecular flexibility index (Phi) is 6.99. The van der Waals surface area contributed by atoms with E-state index in [4.69, 9.17) is 4.74 Å². The minimum Gasteiger partial charge on any atom is -0.457 e. The van der Waals surface area contributed by atoms with Crippen LogP contribution in [0.5, 0.6) is 11.5 Å². The molecule has 5 heteroatoms. The summed E-state index contributed by atoms with van der Waals surface area (Å²) in [5, 5.41) is 0. The molecule has 0 aromatic heterocycles. The Morgan fingerprint density at radius 2 is 1.37 bits per heavy atom. The van der Waals surface area contributed by atoms with Crippen LogP contribution in [-0.4, -0.2) is 49.8 Å². The minimum absolute atomic E-state index is 0.0759. The largest absolute Gasteiger partial charge is 0.457 e. The first-order valence-corrected chi connectivity index (χ1v) is 9.06. The molecule has 0 aliphatic carbocycles. The van der Waals surface area contributed by atoms with Crippen LogP contribution in [0.2, 0.25) is 0 Å². The number of benzene rings is 2. The minimum atomic E-state index is -0.182. The summed E-state index contributed by atoms with van der Waals surface area (Å²) in [4.78, 5) is 26.9. The first-order chi connectivity index (χ1) is 12.8. The molecule has 0 aliphatic heterocycles. The predicted octanol–water partition coefficient (Wildman–Crippen LogP) is 3.69. The van der Waals surface area contributed by atoms with E-state index in [9.17, 15) is 9.59 Å². The van der Waals surface area contributed by atoms with Crippen molar-refractivity contribution >= 4 is 11.8 Å². The van der Waals surface area contributed by atoms with Crippen molar-refractivity contribution in [2.24, 2.45) is 0 Å². The quantitative estimate of drug-likeness (QED) is 0.749. The maximum atomic E-state index is 12.1. The Morgan fingerprint density at radius 3 is 1.85 bits per heavy atom. The fourth-order valence-electron chi connectivity index (χ4n) is 2.69. The van der Waals surface area contributed by atoms with Gasteiger partial charge in [-0.15, -0.1) is 0 Å². The summed E-state index contributed by atoms with van der Waals surface area (Å²) in [6.07, 6.45) is 1.21. The third kappa shape index (κ3) is 5.84. The third-order valence-corrected chi connectivity index (χ3v) is 4.48. The Balaban J connectivity index is 1.95. The highest BCUT2D eigenvalue weighted by atomic mass is 16.5. The molecule has 0 spiro atoms. The topological polar surface area (TPSA) is 49.9 Å². The van der Waals surface area contributed by atoms with Gasteiger partial charge in [-0.25, -0.2) is 0 Å². The highest BCUT2D eigenvalue weighted by Crippen LogP contribution is 2.25. The Morgan fingerprint density at radius 1 is 0.852 bits per heavy atom. The van der Waals surface area contributed by atoms with E-state index >= 15 is 0 Å². The number of ether oxygens (including phenoxy) is 1. The first-order valence-electron chi connectivity index (χ1n) is 9.06. The molecule has 0 heterocycles. The van der Waals surface area contributed by atoms with E-state index in [0.717, 1.165) is 22.6 Å². The van der Waals surface area contributed by atoms with E-state index in [1.807, 2.05) is 55.5 Å². The second kappa shape index (κ2) is 9.21. The van der Waals surface area contributed by atoms with Crippen molar-refractivity contribution in [3.63, 3.8) is 0 Å². The highest BCUT2D eigenvalue weighted by molar-refractivity contribution is 5.82. The molecule has 27 heavy (non-hydrogen) atoms. The Labute approximate surface area is 161 Å². The van der Waals surface area contributed by atoms with Gasteiger partial charge in [-0.3, -0.25) is 9.59 Å². The van der Waals surface area contributed by atoms with Gasteiger partial charge in [0.05, 0.1) is 5.92 Å². The first kappa shape index (κ1) is 20.5. The standard InChI is InChI=1S/C22H28N2O3/c1-16(22(26)24(4)5)18-9-13-20(14-10-18)27-19-11-6-17(7-12-19)8-15-21(25)23(2)3/h6-7,9-14,16H,8,15H2,1-5H3. The van der Waals surface area contributed by atoms with Crippen LogP contribution in [-0.2, 0) is 16.0 Å². The zero-order chi connectivity index (χ0) is 20.0. The normalized spacial score (nSPS) is 11.6. The van der Waals surface area contributed by atoms with E-state index in [2.05, 4.69) is 0 Å². The van der Waals surface area contributed by atoms with E-state index in [1.165, 1.54) is 0 Å². The lowest BCUT2D eigenvalue weighted by atomic mass is 10.00. The summed E-state index contributed by atoms with van der Waals surface area (Å²) >= 11 is 0. The summed E-state index contributed by atoms with van der Waals surface area (Å²) in [7, 11) is 7.05. The van der Waals surface area contributed by atoms with Gasteiger partial charge in [-0.1, -0.05) is 24.3 Å². The summed E-state index contributed by atoms with van der Waals surface area (Å²) < 4.78 is 5.87. The number of rotatable bonds is 7. The van der Waals surface area contributed by atoms with Crippen LogP contribution in [0, 0.1) is 0 Å². The van der Waals surface area contributed by atoms with E-state index in [1.54, 1.807) is 38.0 Å². The van der Waals surface area contributed by atoms with Gasteiger partial charge in [0.2, 0.25) is 11.8 Å². The van der Waals surface area contributed by atoms with Crippen LogP contribution in [0.4, 0.5) is 0 Å². The van der Waals surface area contributed by atoms with Crippen molar-refractivity contribution in [2.75, 3.05) is 28.2 Å². The number of hydrogen-bond acceptors (Lipinski definition) is 3. The van der Waals surface area contributed by atoms with E-state index < -0.39 is 0 Å². The smallest absolute Gasteiger partial charge is 0.229 e. The van der Waals surface area contributed by atoms with Crippen LogP contribution < -0.4 is 4.74 Å². The van der Waals surface area contributed by atoms with Crippen molar-refractivity contribution in [2.45, 2.75) is 25.7 Å². The van der Waals surface area contributed by atoms with Crippen LogP contribution in [0.3, 0.4) is 0 Å². The SMILES string of the molecule is CC(C(=O)N(C)C)c1ccc(Oc2ccc(CCC(=O)N(C)C)cc2)cc1. The zero-order valence-electron chi connectivity index (χ0n) is 16.7. The number of carbonyl (C=O) groups is 2. The lowest BCUT2D eigenvalue weighted by Gasteiger charge is -2.17. The molecule has 2 aromatic rings. The molecule has 1 unspecified atom stereocenters. The molecule has 2 aromatic carbocycles. The number of carbonyl (C=O) groups excluding carboxylic acids is 2. The van der Waals surface area contributed by atoms with E-state index in [-0.39, 0.29) is 17.7 Å². The second-order valence-corrected chi connectivity index (χ2v) is 7.06. The lowest BCUT2D eigenvalue weighted by Crippen LogP contribution is -2.26. The van der Waals surface area contributed by atoms with Crippen molar-refractivity contribution in [3.8, 4) is 11.5 Å². The third-order valence-electron chi connectivity index (χ3n) is 4.48. The fraction of sp³-hybridized carbons (Fsp3) is 0.364. The number of hydrogen-bond donors (Lipinski definition) is 0. The molecule has 2 amide bonds. The zero-order valence-corrected chi connectivity index (χ0v) is 16.7. The highest BCUT2D eigenvalue weighted by Gasteiger charge is 2.16. The fourth-order valence-corrected chi connectivity index (χ4v) is 2.69. The van der Waals surface area contributed by atoms with Crippen molar-refractivity contribution in [1.29, 1.82) is 0 Å². The summed E-state index contributed by atoms with van der Waals surface area (Å²) in [5.41, 5.74) is 2.06. The molecule has 0 bridgehead atoms. The molecular formula is C22H28N2O3. The Bertz CT molecular complexity index is 765. The van der Waals surface area contributed by atoms with Gasteiger partial charge < -0.3 is 14.5 Å². The van der Waals surface area contributed by atoms with Gasteiger partial charge in [-0.05, 0) is 48.7 Å². The predicted molar refractivity (Wildman–Crippen MR) is 107 cm³/mol. The van der Waals surface area contributed by atoms with Crippen molar-refractivity contribution in [3.05, 3.63) is 59.7 Å². The maximum absolute atomic E-state index is 12.1. The van der Waals surface area contributed by atoms with Crippen LogP contribution in [0.1, 0.15) is 30.4 Å².